The fraction of sp³-hybridized carbons (Fsp3) is 0.444. The van der Waals surface area contributed by atoms with Gasteiger partial charge in [0.1, 0.15) is 0 Å². The Balaban J connectivity index is 2.15. The minimum atomic E-state index is 0.152. The molecule has 1 nitrogen and oxygen atoms in total. The van der Waals surface area contributed by atoms with Gasteiger partial charge < -0.3 is 5.32 Å². The molecule has 0 saturated carbocycles. The molecule has 21 heavy (non-hydrogen) atoms. The molecule has 0 amide bonds. The Bertz CT molecular complexity index is 566. The Hall–Kier alpha value is -0.640. The molecular weight excluding hydrogens is 342 g/mol. The highest BCUT2D eigenvalue weighted by Crippen LogP contribution is 2.28. The standard InChI is InChI=1S/C18H24BrNS/c1-13-5-7-14(8-6-13)15(12-20-18(2,3)4)11-16-9-10-17(19)21-16/h5-10,15,20H,11-12H2,1-4H3. The topological polar surface area (TPSA) is 12.0 Å². The molecule has 0 radical (unpaired) electrons. The SMILES string of the molecule is Cc1ccc(C(CNC(C)(C)C)Cc2ccc(Br)s2)cc1. The third-order valence-corrected chi connectivity index (χ3v) is 5.15. The summed E-state index contributed by atoms with van der Waals surface area (Å²) >= 11 is 5.40. The molecule has 1 aromatic heterocycles. The number of nitrogens with one attached hydrogen (secondary N) is 1. The number of hydrogen-bond donors (Lipinski definition) is 1. The van der Waals surface area contributed by atoms with Gasteiger partial charge in [-0.3, -0.25) is 0 Å². The molecule has 0 saturated heterocycles. The van der Waals surface area contributed by atoms with Crippen LogP contribution in [0.15, 0.2) is 40.2 Å². The number of rotatable bonds is 5. The highest BCUT2D eigenvalue weighted by molar-refractivity contribution is 9.11. The quantitative estimate of drug-likeness (QED) is 0.733. The van der Waals surface area contributed by atoms with Crippen molar-refractivity contribution in [3.63, 3.8) is 0 Å². The lowest BCUT2D eigenvalue weighted by molar-refractivity contribution is 0.405. The van der Waals surface area contributed by atoms with Gasteiger partial charge in [0.2, 0.25) is 0 Å². The van der Waals surface area contributed by atoms with Gasteiger partial charge in [0.05, 0.1) is 3.79 Å². The maximum atomic E-state index is 3.66. The van der Waals surface area contributed by atoms with Crippen LogP contribution in [0.25, 0.3) is 0 Å². The zero-order valence-corrected chi connectivity index (χ0v) is 15.6. The normalized spacial score (nSPS) is 13.4. The van der Waals surface area contributed by atoms with Crippen LogP contribution in [0.2, 0.25) is 0 Å². The van der Waals surface area contributed by atoms with Crippen LogP contribution in [0.3, 0.4) is 0 Å². The van der Waals surface area contributed by atoms with Crippen LogP contribution >= 0.6 is 27.3 Å². The molecule has 0 fully saturated rings. The molecule has 1 aromatic carbocycles. The summed E-state index contributed by atoms with van der Waals surface area (Å²) in [6.45, 7) is 9.81. The summed E-state index contributed by atoms with van der Waals surface area (Å²) in [6, 6.07) is 13.3. The molecule has 2 rings (SSSR count). The van der Waals surface area contributed by atoms with Crippen LogP contribution in [0.5, 0.6) is 0 Å². The van der Waals surface area contributed by atoms with E-state index < -0.39 is 0 Å². The van der Waals surface area contributed by atoms with E-state index in [0.29, 0.717) is 5.92 Å². The third-order valence-electron chi connectivity index (χ3n) is 3.50. The predicted molar refractivity (Wildman–Crippen MR) is 97.4 cm³/mol. The first kappa shape index (κ1) is 16.7. The van der Waals surface area contributed by atoms with E-state index in [0.717, 1.165) is 13.0 Å². The van der Waals surface area contributed by atoms with E-state index in [9.17, 15) is 0 Å². The lowest BCUT2D eigenvalue weighted by atomic mass is 9.93. The summed E-state index contributed by atoms with van der Waals surface area (Å²) in [7, 11) is 0. The predicted octanol–water partition coefficient (Wildman–Crippen LogP) is 5.53. The minimum Gasteiger partial charge on any atom is -0.311 e. The minimum absolute atomic E-state index is 0.152. The second-order valence-electron chi connectivity index (χ2n) is 6.65. The van der Waals surface area contributed by atoms with Crippen LogP contribution in [-0.2, 0) is 6.42 Å². The molecule has 0 bridgehead atoms. The maximum absolute atomic E-state index is 3.66. The molecule has 1 unspecified atom stereocenters. The first-order valence-electron chi connectivity index (χ1n) is 7.39. The van der Waals surface area contributed by atoms with Crippen molar-refractivity contribution in [3.05, 3.63) is 56.2 Å². The van der Waals surface area contributed by atoms with Crippen molar-refractivity contribution in [2.75, 3.05) is 6.54 Å². The van der Waals surface area contributed by atoms with Crippen molar-refractivity contribution in [3.8, 4) is 0 Å². The molecule has 114 valence electrons. The summed E-state index contributed by atoms with van der Waals surface area (Å²) in [4.78, 5) is 1.43. The molecule has 0 aliphatic rings. The number of aryl methyl sites for hydroxylation is 1. The largest absolute Gasteiger partial charge is 0.311 e. The fourth-order valence-corrected chi connectivity index (χ4v) is 3.84. The lowest BCUT2D eigenvalue weighted by Gasteiger charge is -2.25. The highest BCUT2D eigenvalue weighted by Gasteiger charge is 2.17. The molecule has 1 N–H and O–H groups in total. The van der Waals surface area contributed by atoms with Gasteiger partial charge in [0, 0.05) is 22.9 Å². The van der Waals surface area contributed by atoms with Crippen LogP contribution in [-0.4, -0.2) is 12.1 Å². The Morgan fingerprint density at radius 3 is 2.29 bits per heavy atom. The van der Waals surface area contributed by atoms with E-state index in [-0.39, 0.29) is 5.54 Å². The Labute approximate surface area is 140 Å². The zero-order valence-electron chi connectivity index (χ0n) is 13.2. The van der Waals surface area contributed by atoms with Crippen molar-refractivity contribution in [2.24, 2.45) is 0 Å². The van der Waals surface area contributed by atoms with Gasteiger partial charge in [0.25, 0.3) is 0 Å². The Morgan fingerprint density at radius 2 is 1.76 bits per heavy atom. The smallest absolute Gasteiger partial charge is 0.0701 e. The van der Waals surface area contributed by atoms with Crippen LogP contribution < -0.4 is 5.32 Å². The molecule has 1 heterocycles. The lowest BCUT2D eigenvalue weighted by Crippen LogP contribution is -2.39. The summed E-state index contributed by atoms with van der Waals surface area (Å²) in [6.07, 6.45) is 1.09. The van der Waals surface area contributed by atoms with E-state index in [1.807, 2.05) is 11.3 Å². The summed E-state index contributed by atoms with van der Waals surface area (Å²) in [5, 5.41) is 3.66. The molecule has 0 aliphatic heterocycles. The molecule has 0 spiro atoms. The number of halogens is 1. The fourth-order valence-electron chi connectivity index (χ4n) is 2.28. The Morgan fingerprint density at radius 1 is 1.10 bits per heavy atom. The van der Waals surface area contributed by atoms with Crippen LogP contribution in [0, 0.1) is 6.92 Å². The number of hydrogen-bond acceptors (Lipinski definition) is 2. The van der Waals surface area contributed by atoms with Gasteiger partial charge in [0.15, 0.2) is 0 Å². The van der Waals surface area contributed by atoms with Gasteiger partial charge in [-0.1, -0.05) is 29.8 Å². The number of benzene rings is 1. The molecule has 2 aromatic rings. The Kier molecular flexibility index (Phi) is 5.64. The molecule has 3 heteroatoms. The third kappa shape index (κ3) is 5.57. The van der Waals surface area contributed by atoms with E-state index in [1.165, 1.54) is 19.8 Å². The van der Waals surface area contributed by atoms with E-state index in [1.54, 1.807) is 0 Å². The summed E-state index contributed by atoms with van der Waals surface area (Å²) in [5.41, 5.74) is 2.89. The van der Waals surface area contributed by atoms with Crippen molar-refractivity contribution in [1.82, 2.24) is 5.32 Å². The zero-order chi connectivity index (χ0) is 15.5. The number of thiophene rings is 1. The van der Waals surface area contributed by atoms with Gasteiger partial charge in [-0.05, 0) is 67.7 Å². The average Bonchev–Trinajstić information content (AvgIpc) is 2.80. The van der Waals surface area contributed by atoms with E-state index in [2.05, 4.69) is 85.3 Å². The van der Waals surface area contributed by atoms with Crippen LogP contribution in [0.1, 0.15) is 42.7 Å². The second kappa shape index (κ2) is 7.08. The van der Waals surface area contributed by atoms with Gasteiger partial charge in [-0.2, -0.15) is 0 Å². The first-order valence-corrected chi connectivity index (χ1v) is 9.00. The van der Waals surface area contributed by atoms with Crippen LogP contribution in [0.4, 0.5) is 0 Å². The first-order chi connectivity index (χ1) is 9.83. The molecule has 0 aliphatic carbocycles. The maximum Gasteiger partial charge on any atom is 0.0701 e. The molecule has 1 atom stereocenters. The van der Waals surface area contributed by atoms with E-state index in [4.69, 9.17) is 0 Å². The van der Waals surface area contributed by atoms with Gasteiger partial charge >= 0.3 is 0 Å². The average molecular weight is 366 g/mol. The summed E-state index contributed by atoms with van der Waals surface area (Å²) in [5.74, 6) is 0.510. The van der Waals surface area contributed by atoms with Gasteiger partial charge in [-0.15, -0.1) is 11.3 Å². The summed E-state index contributed by atoms with van der Waals surface area (Å²) < 4.78 is 1.21. The monoisotopic (exact) mass is 365 g/mol. The van der Waals surface area contributed by atoms with Gasteiger partial charge in [-0.25, -0.2) is 0 Å². The molecular formula is C18H24BrNS. The van der Waals surface area contributed by atoms with Crippen molar-refractivity contribution >= 4 is 27.3 Å². The highest BCUT2D eigenvalue weighted by atomic mass is 79.9. The van der Waals surface area contributed by atoms with Crippen molar-refractivity contribution < 1.29 is 0 Å². The second-order valence-corrected chi connectivity index (χ2v) is 9.20. The van der Waals surface area contributed by atoms with Crippen molar-refractivity contribution in [1.29, 1.82) is 0 Å². The van der Waals surface area contributed by atoms with E-state index >= 15 is 0 Å². The van der Waals surface area contributed by atoms with Crippen molar-refractivity contribution in [2.45, 2.75) is 45.6 Å².